The third kappa shape index (κ3) is 5.68. The van der Waals surface area contributed by atoms with Gasteiger partial charge in [0.2, 0.25) is 0 Å². The maximum atomic E-state index is 5.55. The van der Waals surface area contributed by atoms with Gasteiger partial charge in [-0.15, -0.1) is 0 Å². The van der Waals surface area contributed by atoms with Gasteiger partial charge in [0.05, 0.1) is 0 Å². The van der Waals surface area contributed by atoms with E-state index in [1.54, 1.807) is 0 Å². The van der Waals surface area contributed by atoms with Crippen LogP contribution in [0.2, 0.25) is 0 Å². The second kappa shape index (κ2) is 8.89. The molecule has 3 unspecified atom stereocenters. The van der Waals surface area contributed by atoms with Crippen LogP contribution in [0.25, 0.3) is 0 Å². The summed E-state index contributed by atoms with van der Waals surface area (Å²) in [7, 11) is 0. The van der Waals surface area contributed by atoms with Crippen molar-refractivity contribution in [1.82, 2.24) is 5.32 Å². The summed E-state index contributed by atoms with van der Waals surface area (Å²) in [6.45, 7) is 11.2. The highest BCUT2D eigenvalue weighted by molar-refractivity contribution is 4.79. The van der Waals surface area contributed by atoms with Crippen molar-refractivity contribution in [3.63, 3.8) is 0 Å². The molecule has 1 fully saturated rings. The summed E-state index contributed by atoms with van der Waals surface area (Å²) in [5.41, 5.74) is 0. The van der Waals surface area contributed by atoms with Crippen molar-refractivity contribution in [3.8, 4) is 0 Å². The molecule has 3 nitrogen and oxygen atoms in total. The fourth-order valence-electron chi connectivity index (χ4n) is 2.72. The Labute approximate surface area is 113 Å². The van der Waals surface area contributed by atoms with E-state index in [1.165, 1.54) is 19.3 Å². The lowest BCUT2D eigenvalue weighted by Crippen LogP contribution is -2.38. The minimum absolute atomic E-state index is 0.0348. The first-order valence-corrected chi connectivity index (χ1v) is 7.63. The summed E-state index contributed by atoms with van der Waals surface area (Å²) in [5.74, 6) is 1.74. The molecule has 108 valence electrons. The van der Waals surface area contributed by atoms with Crippen molar-refractivity contribution >= 4 is 0 Å². The highest BCUT2D eigenvalue weighted by Crippen LogP contribution is 2.29. The van der Waals surface area contributed by atoms with E-state index in [2.05, 4.69) is 19.2 Å². The summed E-state index contributed by atoms with van der Waals surface area (Å²) < 4.78 is 11.1. The molecule has 3 atom stereocenters. The van der Waals surface area contributed by atoms with Crippen LogP contribution >= 0.6 is 0 Å². The Morgan fingerprint density at radius 3 is 2.28 bits per heavy atom. The van der Waals surface area contributed by atoms with Crippen LogP contribution in [0.4, 0.5) is 0 Å². The Morgan fingerprint density at radius 1 is 1.06 bits per heavy atom. The molecule has 1 rings (SSSR count). The SMILES string of the molecule is CCOC(CCNC1CCC(C)C(C)C1)OCC. The molecule has 1 aliphatic rings. The Morgan fingerprint density at radius 2 is 1.72 bits per heavy atom. The predicted octanol–water partition coefficient (Wildman–Crippen LogP) is 3.19. The van der Waals surface area contributed by atoms with E-state index in [4.69, 9.17) is 9.47 Å². The number of hydrogen-bond acceptors (Lipinski definition) is 3. The van der Waals surface area contributed by atoms with Gasteiger partial charge in [0.15, 0.2) is 6.29 Å². The molecule has 0 spiro atoms. The molecule has 18 heavy (non-hydrogen) atoms. The predicted molar refractivity (Wildman–Crippen MR) is 75.6 cm³/mol. The van der Waals surface area contributed by atoms with Crippen molar-refractivity contribution in [3.05, 3.63) is 0 Å². The summed E-state index contributed by atoms with van der Waals surface area (Å²) in [6.07, 6.45) is 4.91. The van der Waals surface area contributed by atoms with Gasteiger partial charge in [-0.05, 0) is 44.9 Å². The molecular weight excluding hydrogens is 226 g/mol. The first-order valence-electron chi connectivity index (χ1n) is 7.63. The minimum Gasteiger partial charge on any atom is -0.353 e. The van der Waals surface area contributed by atoms with Gasteiger partial charge in [0, 0.05) is 32.2 Å². The van der Waals surface area contributed by atoms with Crippen molar-refractivity contribution < 1.29 is 9.47 Å². The Kier molecular flexibility index (Phi) is 7.87. The zero-order valence-corrected chi connectivity index (χ0v) is 12.6. The summed E-state index contributed by atoms with van der Waals surface area (Å²) in [6, 6.07) is 0.695. The smallest absolute Gasteiger partial charge is 0.158 e. The fourth-order valence-corrected chi connectivity index (χ4v) is 2.72. The monoisotopic (exact) mass is 257 g/mol. The average Bonchev–Trinajstić information content (AvgIpc) is 2.34. The van der Waals surface area contributed by atoms with Crippen LogP contribution in [-0.4, -0.2) is 32.1 Å². The van der Waals surface area contributed by atoms with Crippen LogP contribution in [0.15, 0.2) is 0 Å². The standard InChI is InChI=1S/C15H31NO2/c1-5-17-15(18-6-2)9-10-16-14-8-7-12(3)13(4)11-14/h12-16H,5-11H2,1-4H3. The molecule has 0 saturated heterocycles. The number of hydrogen-bond donors (Lipinski definition) is 1. The molecule has 0 heterocycles. The van der Waals surface area contributed by atoms with E-state index in [-0.39, 0.29) is 6.29 Å². The highest BCUT2D eigenvalue weighted by Gasteiger charge is 2.24. The maximum Gasteiger partial charge on any atom is 0.158 e. The quantitative estimate of drug-likeness (QED) is 0.677. The first-order chi connectivity index (χ1) is 8.67. The van der Waals surface area contributed by atoms with E-state index >= 15 is 0 Å². The van der Waals surface area contributed by atoms with E-state index in [9.17, 15) is 0 Å². The van der Waals surface area contributed by atoms with Gasteiger partial charge in [-0.3, -0.25) is 0 Å². The van der Waals surface area contributed by atoms with Crippen LogP contribution in [0.1, 0.15) is 53.4 Å². The molecule has 1 N–H and O–H groups in total. The van der Waals surface area contributed by atoms with Crippen molar-refractivity contribution in [2.24, 2.45) is 11.8 Å². The molecule has 0 aliphatic heterocycles. The Balaban J connectivity index is 2.16. The summed E-state index contributed by atoms with van der Waals surface area (Å²) in [4.78, 5) is 0. The first kappa shape index (κ1) is 15.9. The van der Waals surface area contributed by atoms with E-state index in [0.717, 1.165) is 38.0 Å². The molecule has 3 heteroatoms. The lowest BCUT2D eigenvalue weighted by atomic mass is 9.79. The number of rotatable bonds is 8. The van der Waals surface area contributed by atoms with Crippen molar-refractivity contribution in [2.75, 3.05) is 19.8 Å². The largest absolute Gasteiger partial charge is 0.353 e. The van der Waals surface area contributed by atoms with Gasteiger partial charge in [0.25, 0.3) is 0 Å². The normalized spacial score (nSPS) is 28.8. The van der Waals surface area contributed by atoms with Crippen molar-refractivity contribution in [1.29, 1.82) is 0 Å². The van der Waals surface area contributed by atoms with Crippen LogP contribution in [-0.2, 0) is 9.47 Å². The van der Waals surface area contributed by atoms with E-state index in [1.807, 2.05) is 13.8 Å². The Bertz CT molecular complexity index is 205. The third-order valence-corrected chi connectivity index (χ3v) is 4.12. The van der Waals surface area contributed by atoms with Crippen LogP contribution < -0.4 is 5.32 Å². The zero-order chi connectivity index (χ0) is 13.4. The van der Waals surface area contributed by atoms with Crippen LogP contribution in [0, 0.1) is 11.8 Å². The molecule has 0 aromatic rings. The summed E-state index contributed by atoms with van der Waals surface area (Å²) >= 11 is 0. The highest BCUT2D eigenvalue weighted by atomic mass is 16.7. The van der Waals surface area contributed by atoms with Gasteiger partial charge in [-0.25, -0.2) is 0 Å². The topological polar surface area (TPSA) is 30.5 Å². The molecule has 0 bridgehead atoms. The number of nitrogens with one attached hydrogen (secondary N) is 1. The summed E-state index contributed by atoms with van der Waals surface area (Å²) in [5, 5.41) is 3.66. The third-order valence-electron chi connectivity index (χ3n) is 4.12. The zero-order valence-electron chi connectivity index (χ0n) is 12.6. The van der Waals surface area contributed by atoms with Gasteiger partial charge < -0.3 is 14.8 Å². The lowest BCUT2D eigenvalue weighted by molar-refractivity contribution is -0.138. The van der Waals surface area contributed by atoms with Gasteiger partial charge in [-0.2, -0.15) is 0 Å². The fraction of sp³-hybridized carbons (Fsp3) is 1.00. The average molecular weight is 257 g/mol. The molecule has 0 aromatic carbocycles. The Hall–Kier alpha value is -0.120. The van der Waals surface area contributed by atoms with E-state index < -0.39 is 0 Å². The van der Waals surface area contributed by atoms with Crippen LogP contribution in [0.5, 0.6) is 0 Å². The molecule has 0 amide bonds. The molecule has 1 aliphatic carbocycles. The second-order valence-corrected chi connectivity index (χ2v) is 5.55. The number of ether oxygens (including phenoxy) is 2. The minimum atomic E-state index is -0.0348. The molecule has 0 radical (unpaired) electrons. The van der Waals surface area contributed by atoms with Crippen LogP contribution in [0.3, 0.4) is 0 Å². The molecule has 1 saturated carbocycles. The molecule has 0 aromatic heterocycles. The van der Waals surface area contributed by atoms with E-state index in [0.29, 0.717) is 6.04 Å². The van der Waals surface area contributed by atoms with Gasteiger partial charge in [-0.1, -0.05) is 13.8 Å². The van der Waals surface area contributed by atoms with Gasteiger partial charge in [0.1, 0.15) is 0 Å². The maximum absolute atomic E-state index is 5.55. The van der Waals surface area contributed by atoms with Crippen molar-refractivity contribution in [2.45, 2.75) is 65.7 Å². The van der Waals surface area contributed by atoms with Gasteiger partial charge >= 0.3 is 0 Å². The lowest BCUT2D eigenvalue weighted by Gasteiger charge is -2.33. The molecular formula is C15H31NO2. The second-order valence-electron chi connectivity index (χ2n) is 5.55.